The predicted molar refractivity (Wildman–Crippen MR) is 70.2 cm³/mol. The molecule has 0 unspecified atom stereocenters. The van der Waals surface area contributed by atoms with E-state index in [-0.39, 0.29) is 23.2 Å². The van der Waals surface area contributed by atoms with E-state index in [9.17, 15) is 4.79 Å². The van der Waals surface area contributed by atoms with E-state index in [1.807, 2.05) is 20.8 Å². The second-order valence-corrected chi connectivity index (χ2v) is 6.00. The fourth-order valence-corrected chi connectivity index (χ4v) is 2.25. The average Bonchev–Trinajstić information content (AvgIpc) is 2.26. The van der Waals surface area contributed by atoms with Crippen LogP contribution in [0.5, 0.6) is 0 Å². The lowest BCUT2D eigenvalue weighted by atomic mass is 9.87. The molecule has 0 aromatic carbocycles. The maximum Gasteiger partial charge on any atom is 0.407 e. The number of oxime groups is 1. The number of hydrogen-bond donors (Lipinski definition) is 2. The zero-order valence-electron chi connectivity index (χ0n) is 11.1. The molecule has 2 N–H and O–H groups in total. The van der Waals surface area contributed by atoms with Crippen LogP contribution in [0.15, 0.2) is 5.16 Å². The van der Waals surface area contributed by atoms with E-state index < -0.39 is 5.60 Å². The Hall–Kier alpha value is -0.970. The largest absolute Gasteiger partial charge is 0.444 e. The van der Waals surface area contributed by atoms with Gasteiger partial charge in [0.05, 0.1) is 0 Å². The third kappa shape index (κ3) is 5.12. The summed E-state index contributed by atoms with van der Waals surface area (Å²) in [5.41, 5.74) is -0.478. The SMILES string of the molecule is CC(C)(C)OC(=O)NC1CCC(/C(Cl)=N/O)CC1. The highest BCUT2D eigenvalue weighted by atomic mass is 35.5. The van der Waals surface area contributed by atoms with Crippen molar-refractivity contribution in [2.45, 2.75) is 58.1 Å². The van der Waals surface area contributed by atoms with Gasteiger partial charge < -0.3 is 15.3 Å². The van der Waals surface area contributed by atoms with Gasteiger partial charge in [-0.25, -0.2) is 4.79 Å². The summed E-state index contributed by atoms with van der Waals surface area (Å²) >= 11 is 5.77. The molecule has 0 aliphatic heterocycles. The number of carbonyl (C=O) groups is 1. The van der Waals surface area contributed by atoms with Crippen LogP contribution in [0.3, 0.4) is 0 Å². The molecule has 0 aromatic heterocycles. The summed E-state index contributed by atoms with van der Waals surface area (Å²) in [6, 6.07) is 0.110. The number of nitrogens with zero attached hydrogens (tertiary/aromatic N) is 1. The third-order valence-corrected chi connectivity index (χ3v) is 3.26. The number of halogens is 1. The Kier molecular flexibility index (Phi) is 5.26. The molecule has 0 bridgehead atoms. The number of rotatable bonds is 2. The van der Waals surface area contributed by atoms with Gasteiger partial charge in [0.1, 0.15) is 10.8 Å². The molecule has 18 heavy (non-hydrogen) atoms. The normalized spacial score (nSPS) is 25.7. The molecule has 0 aromatic rings. The first kappa shape index (κ1) is 15.1. The second kappa shape index (κ2) is 6.27. The van der Waals surface area contributed by atoms with E-state index in [1.54, 1.807) is 0 Å². The van der Waals surface area contributed by atoms with Gasteiger partial charge in [-0.15, -0.1) is 0 Å². The van der Waals surface area contributed by atoms with Crippen LogP contribution in [-0.4, -0.2) is 28.1 Å². The van der Waals surface area contributed by atoms with Crippen LogP contribution >= 0.6 is 11.6 Å². The first-order valence-electron chi connectivity index (χ1n) is 6.19. The lowest BCUT2D eigenvalue weighted by molar-refractivity contribution is 0.0490. The zero-order valence-corrected chi connectivity index (χ0v) is 11.8. The molecule has 0 radical (unpaired) electrons. The molecule has 0 heterocycles. The van der Waals surface area contributed by atoms with Crippen LogP contribution in [-0.2, 0) is 4.74 Å². The Labute approximate surface area is 113 Å². The van der Waals surface area contributed by atoms with Crippen molar-refractivity contribution in [3.05, 3.63) is 0 Å². The van der Waals surface area contributed by atoms with E-state index in [1.165, 1.54) is 0 Å². The number of ether oxygens (including phenoxy) is 1. The van der Waals surface area contributed by atoms with Crippen LogP contribution in [0.2, 0.25) is 0 Å². The van der Waals surface area contributed by atoms with Crippen LogP contribution in [0.1, 0.15) is 46.5 Å². The van der Waals surface area contributed by atoms with E-state index in [0.29, 0.717) is 0 Å². The van der Waals surface area contributed by atoms with Gasteiger partial charge >= 0.3 is 6.09 Å². The average molecular weight is 277 g/mol. The smallest absolute Gasteiger partial charge is 0.407 e. The lowest BCUT2D eigenvalue weighted by Gasteiger charge is -2.29. The molecule has 1 saturated carbocycles. The van der Waals surface area contributed by atoms with Crippen LogP contribution in [0, 0.1) is 5.92 Å². The van der Waals surface area contributed by atoms with Crippen molar-refractivity contribution in [1.82, 2.24) is 5.32 Å². The second-order valence-electron chi connectivity index (χ2n) is 5.62. The Balaban J connectivity index is 2.34. The Morgan fingerprint density at radius 3 is 2.33 bits per heavy atom. The van der Waals surface area contributed by atoms with E-state index in [0.717, 1.165) is 25.7 Å². The summed E-state index contributed by atoms with van der Waals surface area (Å²) in [5.74, 6) is 0.105. The molecule has 0 spiro atoms. The van der Waals surface area contributed by atoms with Crippen molar-refractivity contribution in [3.63, 3.8) is 0 Å². The minimum Gasteiger partial charge on any atom is -0.444 e. The van der Waals surface area contributed by atoms with E-state index in [2.05, 4.69) is 10.5 Å². The predicted octanol–water partition coefficient (Wildman–Crippen LogP) is 3.10. The molecule has 5 nitrogen and oxygen atoms in total. The molecular formula is C12H21ClN2O3. The summed E-state index contributed by atoms with van der Waals surface area (Å²) in [4.78, 5) is 11.6. The van der Waals surface area contributed by atoms with Gasteiger partial charge in [0.25, 0.3) is 0 Å². The Bertz CT molecular complexity index is 318. The van der Waals surface area contributed by atoms with E-state index in [4.69, 9.17) is 21.5 Å². The standard InChI is InChI=1S/C12H21ClN2O3/c1-12(2,3)18-11(16)14-9-6-4-8(5-7-9)10(13)15-17/h8-9,17H,4-7H2,1-3H3,(H,14,16)/b15-10-. The number of alkyl carbamates (subject to hydrolysis) is 1. The van der Waals surface area contributed by atoms with Gasteiger partial charge in [0.2, 0.25) is 0 Å². The van der Waals surface area contributed by atoms with Crippen molar-refractivity contribution in [2.75, 3.05) is 0 Å². The summed E-state index contributed by atoms with van der Waals surface area (Å²) in [5, 5.41) is 14.7. The fraction of sp³-hybridized carbons (Fsp3) is 0.833. The highest BCUT2D eigenvalue weighted by molar-refractivity contribution is 6.65. The monoisotopic (exact) mass is 276 g/mol. The molecule has 1 aliphatic carbocycles. The maximum atomic E-state index is 11.6. The highest BCUT2D eigenvalue weighted by Crippen LogP contribution is 2.27. The highest BCUT2D eigenvalue weighted by Gasteiger charge is 2.26. The van der Waals surface area contributed by atoms with E-state index >= 15 is 0 Å². The van der Waals surface area contributed by atoms with Crippen LogP contribution in [0.25, 0.3) is 0 Å². The third-order valence-electron chi connectivity index (χ3n) is 2.88. The van der Waals surface area contributed by atoms with Gasteiger partial charge in [-0.2, -0.15) is 0 Å². The lowest BCUT2D eigenvalue weighted by Crippen LogP contribution is -2.41. The fourth-order valence-electron chi connectivity index (χ4n) is 2.03. The summed E-state index contributed by atoms with van der Waals surface area (Å²) in [7, 11) is 0. The summed E-state index contributed by atoms with van der Waals surface area (Å²) < 4.78 is 5.20. The molecule has 0 saturated heterocycles. The quantitative estimate of drug-likeness (QED) is 0.462. The summed E-state index contributed by atoms with van der Waals surface area (Å²) in [6.45, 7) is 5.50. The number of hydrogen-bond acceptors (Lipinski definition) is 4. The van der Waals surface area contributed by atoms with Crippen molar-refractivity contribution < 1.29 is 14.7 Å². The maximum absolute atomic E-state index is 11.6. The van der Waals surface area contributed by atoms with Crippen molar-refractivity contribution in [3.8, 4) is 0 Å². The molecular weight excluding hydrogens is 256 g/mol. The molecule has 1 rings (SSSR count). The number of amides is 1. The van der Waals surface area contributed by atoms with Crippen molar-refractivity contribution in [1.29, 1.82) is 0 Å². The minimum absolute atomic E-state index is 0.105. The van der Waals surface area contributed by atoms with Crippen LogP contribution < -0.4 is 5.32 Å². The molecule has 1 amide bonds. The van der Waals surface area contributed by atoms with Gasteiger partial charge in [-0.3, -0.25) is 0 Å². The van der Waals surface area contributed by atoms with Gasteiger partial charge in [0, 0.05) is 12.0 Å². The van der Waals surface area contributed by atoms with Gasteiger partial charge in [-0.05, 0) is 46.5 Å². The van der Waals surface area contributed by atoms with Gasteiger partial charge in [0.15, 0.2) is 0 Å². The molecule has 1 fully saturated rings. The Morgan fingerprint density at radius 1 is 1.33 bits per heavy atom. The van der Waals surface area contributed by atoms with Crippen LogP contribution in [0.4, 0.5) is 4.79 Å². The topological polar surface area (TPSA) is 70.9 Å². The van der Waals surface area contributed by atoms with Gasteiger partial charge in [-0.1, -0.05) is 16.8 Å². The molecule has 104 valence electrons. The molecule has 1 aliphatic rings. The first-order chi connectivity index (χ1) is 8.31. The number of nitrogens with one attached hydrogen (secondary N) is 1. The number of carbonyl (C=O) groups excluding carboxylic acids is 1. The first-order valence-corrected chi connectivity index (χ1v) is 6.56. The Morgan fingerprint density at radius 2 is 1.89 bits per heavy atom. The van der Waals surface area contributed by atoms with Crippen molar-refractivity contribution in [2.24, 2.45) is 11.1 Å². The molecule has 6 heteroatoms. The molecule has 0 atom stereocenters. The summed E-state index contributed by atoms with van der Waals surface area (Å²) in [6.07, 6.45) is 2.87. The minimum atomic E-state index is -0.478. The zero-order chi connectivity index (χ0) is 13.8. The van der Waals surface area contributed by atoms with Crippen molar-refractivity contribution >= 4 is 22.9 Å².